The minimum Gasteiger partial charge on any atom is -0.389 e. The quantitative estimate of drug-likeness (QED) is 0.852. The lowest BCUT2D eigenvalue weighted by atomic mass is 9.99. The Balaban J connectivity index is 2.04. The van der Waals surface area contributed by atoms with Crippen LogP contribution in [0.1, 0.15) is 25.3 Å². The number of carbonyl (C=O) groups is 1. The molecule has 1 heterocycles. The summed E-state index contributed by atoms with van der Waals surface area (Å²) in [6.07, 6.45) is 2.17. The summed E-state index contributed by atoms with van der Waals surface area (Å²) in [6, 6.07) is 7.50. The van der Waals surface area contributed by atoms with E-state index >= 15 is 0 Å². The summed E-state index contributed by atoms with van der Waals surface area (Å²) in [7, 11) is 1.80. The number of hydrogen-bond donors (Lipinski definition) is 1. The summed E-state index contributed by atoms with van der Waals surface area (Å²) in [5, 5.41) is 0. The molecule has 0 spiro atoms. The Morgan fingerprint density at radius 3 is 2.35 bits per heavy atom. The third-order valence-electron chi connectivity index (χ3n) is 3.88. The second kappa shape index (κ2) is 6.22. The number of thiocarbonyl (C=S) groups is 1. The molecule has 0 radical (unpaired) electrons. The molecule has 4 nitrogen and oxygen atoms in total. The number of amides is 2. The van der Waals surface area contributed by atoms with E-state index in [9.17, 15) is 4.79 Å². The van der Waals surface area contributed by atoms with Gasteiger partial charge in [0.1, 0.15) is 4.99 Å². The van der Waals surface area contributed by atoms with Gasteiger partial charge in [0.05, 0.1) is 0 Å². The van der Waals surface area contributed by atoms with Gasteiger partial charge in [-0.15, -0.1) is 0 Å². The molecule has 1 aliphatic heterocycles. The maximum atomic E-state index is 12.4. The number of carbonyl (C=O) groups excluding carboxylic acids is 1. The first kappa shape index (κ1) is 14.8. The smallest absolute Gasteiger partial charge is 0.324 e. The molecule has 1 aromatic rings. The molecule has 1 aromatic carbocycles. The first-order chi connectivity index (χ1) is 9.49. The molecule has 2 rings (SSSR count). The highest BCUT2D eigenvalue weighted by atomic mass is 32.1. The van der Waals surface area contributed by atoms with Crippen molar-refractivity contribution in [2.45, 2.75) is 19.8 Å². The number of hydrogen-bond acceptors (Lipinski definition) is 2. The SMILES string of the molecule is CC1CCN(C(=O)N(C)c2ccc(C(N)=S)cc2)CC1. The molecule has 2 N–H and O–H groups in total. The Hall–Kier alpha value is -1.62. The van der Waals surface area contributed by atoms with Crippen molar-refractivity contribution in [1.82, 2.24) is 4.90 Å². The summed E-state index contributed by atoms with van der Waals surface area (Å²) in [6.45, 7) is 3.92. The molecule has 0 atom stereocenters. The Morgan fingerprint density at radius 1 is 1.30 bits per heavy atom. The average Bonchev–Trinajstić information content (AvgIpc) is 2.46. The van der Waals surface area contributed by atoms with E-state index in [0.29, 0.717) is 10.9 Å². The van der Waals surface area contributed by atoms with Crippen molar-refractivity contribution < 1.29 is 4.79 Å². The largest absolute Gasteiger partial charge is 0.389 e. The van der Waals surface area contributed by atoms with Crippen molar-refractivity contribution in [2.75, 3.05) is 25.0 Å². The third kappa shape index (κ3) is 3.28. The van der Waals surface area contributed by atoms with E-state index in [4.69, 9.17) is 18.0 Å². The fourth-order valence-corrected chi connectivity index (χ4v) is 2.51. The molecule has 1 fully saturated rings. The minimum absolute atomic E-state index is 0.0555. The first-order valence-corrected chi connectivity index (χ1v) is 7.32. The molecule has 0 saturated carbocycles. The Bertz CT molecular complexity index is 492. The van der Waals surface area contributed by atoms with Crippen LogP contribution in [0.4, 0.5) is 10.5 Å². The van der Waals surface area contributed by atoms with Gasteiger partial charge in [-0.2, -0.15) is 0 Å². The van der Waals surface area contributed by atoms with E-state index in [1.54, 1.807) is 11.9 Å². The zero-order valence-electron chi connectivity index (χ0n) is 12.0. The number of piperidine rings is 1. The van der Waals surface area contributed by atoms with Gasteiger partial charge in [0.25, 0.3) is 0 Å². The third-order valence-corrected chi connectivity index (χ3v) is 4.12. The van der Waals surface area contributed by atoms with Gasteiger partial charge in [-0.05, 0) is 43.0 Å². The van der Waals surface area contributed by atoms with Gasteiger partial charge in [0.15, 0.2) is 0 Å². The molecule has 0 unspecified atom stereocenters. The Morgan fingerprint density at radius 2 is 1.85 bits per heavy atom. The summed E-state index contributed by atoms with van der Waals surface area (Å²) in [4.78, 5) is 16.4. The molecule has 1 saturated heterocycles. The molecular formula is C15H21N3OS. The molecule has 0 aromatic heterocycles. The fraction of sp³-hybridized carbons (Fsp3) is 0.467. The average molecular weight is 291 g/mol. The van der Waals surface area contributed by atoms with Crippen LogP contribution in [0.2, 0.25) is 0 Å². The number of rotatable bonds is 2. The van der Waals surface area contributed by atoms with Crippen molar-refractivity contribution in [3.05, 3.63) is 29.8 Å². The second-order valence-corrected chi connectivity index (χ2v) is 5.86. The second-order valence-electron chi connectivity index (χ2n) is 5.42. The van der Waals surface area contributed by atoms with E-state index in [1.807, 2.05) is 29.2 Å². The van der Waals surface area contributed by atoms with Crippen LogP contribution in [0, 0.1) is 5.92 Å². The van der Waals surface area contributed by atoms with Gasteiger partial charge in [0, 0.05) is 31.4 Å². The van der Waals surface area contributed by atoms with Crippen LogP contribution in [-0.4, -0.2) is 36.1 Å². The van der Waals surface area contributed by atoms with E-state index in [-0.39, 0.29) is 6.03 Å². The highest BCUT2D eigenvalue weighted by molar-refractivity contribution is 7.80. The van der Waals surface area contributed by atoms with Crippen LogP contribution < -0.4 is 10.6 Å². The van der Waals surface area contributed by atoms with Crippen LogP contribution in [0.3, 0.4) is 0 Å². The van der Waals surface area contributed by atoms with E-state index in [1.165, 1.54) is 0 Å². The lowest BCUT2D eigenvalue weighted by Crippen LogP contribution is -2.45. The molecular weight excluding hydrogens is 270 g/mol. The monoisotopic (exact) mass is 291 g/mol. The number of anilines is 1. The van der Waals surface area contributed by atoms with Crippen LogP contribution in [-0.2, 0) is 0 Å². The molecule has 0 bridgehead atoms. The van der Waals surface area contributed by atoms with E-state index in [0.717, 1.165) is 37.2 Å². The normalized spacial score (nSPS) is 16.0. The topological polar surface area (TPSA) is 49.6 Å². The van der Waals surface area contributed by atoms with Crippen molar-refractivity contribution >= 4 is 28.9 Å². The predicted octanol–water partition coefficient (Wildman–Crippen LogP) is 2.61. The summed E-state index contributed by atoms with van der Waals surface area (Å²) in [5.74, 6) is 0.717. The van der Waals surface area contributed by atoms with Gasteiger partial charge < -0.3 is 10.6 Å². The van der Waals surface area contributed by atoms with Crippen LogP contribution >= 0.6 is 12.2 Å². The number of likely N-dealkylation sites (tertiary alicyclic amines) is 1. The maximum Gasteiger partial charge on any atom is 0.324 e. The van der Waals surface area contributed by atoms with Gasteiger partial charge in [-0.25, -0.2) is 4.79 Å². The molecule has 2 amide bonds. The molecule has 5 heteroatoms. The molecule has 0 aliphatic carbocycles. The predicted molar refractivity (Wildman–Crippen MR) is 86.1 cm³/mol. The van der Waals surface area contributed by atoms with Crippen molar-refractivity contribution in [3.8, 4) is 0 Å². The van der Waals surface area contributed by atoms with Gasteiger partial charge in [-0.3, -0.25) is 4.90 Å². The van der Waals surface area contributed by atoms with E-state index < -0.39 is 0 Å². The fourth-order valence-electron chi connectivity index (χ4n) is 2.37. The number of benzene rings is 1. The van der Waals surface area contributed by atoms with E-state index in [2.05, 4.69) is 6.92 Å². The van der Waals surface area contributed by atoms with Crippen molar-refractivity contribution in [3.63, 3.8) is 0 Å². The number of urea groups is 1. The zero-order chi connectivity index (χ0) is 14.7. The summed E-state index contributed by atoms with van der Waals surface area (Å²) >= 11 is 4.93. The van der Waals surface area contributed by atoms with Crippen molar-refractivity contribution in [2.24, 2.45) is 11.7 Å². The van der Waals surface area contributed by atoms with Gasteiger partial charge in [-0.1, -0.05) is 19.1 Å². The lowest BCUT2D eigenvalue weighted by molar-refractivity contribution is 0.181. The molecule has 20 heavy (non-hydrogen) atoms. The molecule has 1 aliphatic rings. The standard InChI is InChI=1S/C15H21N3OS/c1-11-7-9-18(10-8-11)15(19)17(2)13-5-3-12(4-6-13)14(16)20/h3-6,11H,7-10H2,1-2H3,(H2,16,20). The highest BCUT2D eigenvalue weighted by Crippen LogP contribution is 2.20. The van der Waals surface area contributed by atoms with Gasteiger partial charge >= 0.3 is 6.03 Å². The van der Waals surface area contributed by atoms with Crippen LogP contribution in [0.25, 0.3) is 0 Å². The summed E-state index contributed by atoms with van der Waals surface area (Å²) in [5.41, 5.74) is 7.24. The van der Waals surface area contributed by atoms with Crippen LogP contribution in [0.15, 0.2) is 24.3 Å². The highest BCUT2D eigenvalue weighted by Gasteiger charge is 2.23. The Kier molecular flexibility index (Phi) is 4.60. The van der Waals surface area contributed by atoms with Crippen molar-refractivity contribution in [1.29, 1.82) is 0 Å². The minimum atomic E-state index is 0.0555. The lowest BCUT2D eigenvalue weighted by Gasteiger charge is -2.33. The Labute approximate surface area is 125 Å². The number of nitrogens with two attached hydrogens (primary N) is 1. The molecule has 108 valence electrons. The maximum absolute atomic E-state index is 12.4. The summed E-state index contributed by atoms with van der Waals surface area (Å²) < 4.78 is 0. The van der Waals surface area contributed by atoms with Gasteiger partial charge in [0.2, 0.25) is 0 Å². The zero-order valence-corrected chi connectivity index (χ0v) is 12.8. The first-order valence-electron chi connectivity index (χ1n) is 6.91. The van der Waals surface area contributed by atoms with Crippen LogP contribution in [0.5, 0.6) is 0 Å². The number of nitrogens with zero attached hydrogens (tertiary/aromatic N) is 2.